The van der Waals surface area contributed by atoms with Crippen LogP contribution in [-0.4, -0.2) is 24.6 Å². The van der Waals surface area contributed by atoms with Crippen LogP contribution in [0.1, 0.15) is 60.3 Å². The Morgan fingerprint density at radius 2 is 1.78 bits per heavy atom. The predicted molar refractivity (Wildman–Crippen MR) is 137 cm³/mol. The molecule has 8 heteroatoms. The summed E-state index contributed by atoms with van der Waals surface area (Å²) >= 11 is 6.66. The van der Waals surface area contributed by atoms with Crippen molar-refractivity contribution < 1.29 is 9.50 Å². The number of aliphatic hydroxyl groups is 1. The van der Waals surface area contributed by atoms with Crippen LogP contribution in [0.25, 0.3) is 17.1 Å². The van der Waals surface area contributed by atoms with Gasteiger partial charge in [-0.1, -0.05) is 23.7 Å². The van der Waals surface area contributed by atoms with E-state index in [0.717, 1.165) is 28.8 Å². The minimum absolute atomic E-state index is 0.124. The zero-order valence-electron chi connectivity index (χ0n) is 20.5. The molecule has 0 saturated heterocycles. The van der Waals surface area contributed by atoms with Crippen LogP contribution in [0.15, 0.2) is 59.7 Å². The monoisotopic (exact) mass is 504 g/mol. The molecule has 1 unspecified atom stereocenters. The van der Waals surface area contributed by atoms with Crippen LogP contribution in [0.4, 0.5) is 4.39 Å². The molecule has 36 heavy (non-hydrogen) atoms. The van der Waals surface area contributed by atoms with Crippen molar-refractivity contribution in [2.24, 2.45) is 0 Å². The van der Waals surface area contributed by atoms with E-state index >= 15 is 0 Å². The van der Waals surface area contributed by atoms with Crippen molar-refractivity contribution in [1.29, 1.82) is 0 Å². The molecule has 3 aromatic heterocycles. The second-order valence-electron chi connectivity index (χ2n) is 9.88. The van der Waals surface area contributed by atoms with E-state index in [1.807, 2.05) is 19.9 Å². The van der Waals surface area contributed by atoms with Gasteiger partial charge >= 0.3 is 0 Å². The smallest absolute Gasteiger partial charge is 0.274 e. The Balaban J connectivity index is 1.53. The van der Waals surface area contributed by atoms with Gasteiger partial charge in [0.15, 0.2) is 5.82 Å². The predicted octanol–water partition coefficient (Wildman–Crippen LogP) is 5.60. The molecule has 3 heterocycles. The van der Waals surface area contributed by atoms with Crippen LogP contribution in [-0.2, 0) is 5.60 Å². The molecular formula is C28H26ClFN4O2. The van der Waals surface area contributed by atoms with Gasteiger partial charge in [0.1, 0.15) is 16.4 Å². The highest BCUT2D eigenvalue weighted by atomic mass is 35.5. The molecule has 0 aliphatic heterocycles. The fourth-order valence-corrected chi connectivity index (χ4v) is 4.89. The lowest BCUT2D eigenvalue weighted by Crippen LogP contribution is -2.23. The minimum atomic E-state index is -1.20. The second kappa shape index (κ2) is 8.91. The van der Waals surface area contributed by atoms with Crippen molar-refractivity contribution in [2.75, 3.05) is 0 Å². The second-order valence-corrected chi connectivity index (χ2v) is 10.3. The fraction of sp³-hybridized carbons (Fsp3) is 0.286. The van der Waals surface area contributed by atoms with Crippen LogP contribution in [0.5, 0.6) is 0 Å². The highest BCUT2D eigenvalue weighted by Crippen LogP contribution is 2.55. The number of nitrogens with zero attached hydrogens (tertiary/aromatic N) is 4. The SMILES string of the molecule is Cc1cnc(-c2ccnc(C(C)(C)O)n2)cc1-n1c(C)cc([C@@H]2CC2c2ccc(F)cc2)c(Cl)c1=O. The minimum Gasteiger partial charge on any atom is -0.382 e. The fourth-order valence-electron chi connectivity index (χ4n) is 4.61. The van der Waals surface area contributed by atoms with Gasteiger partial charge in [-0.25, -0.2) is 14.4 Å². The molecule has 1 aromatic carbocycles. The standard InChI is InChI=1S/C28H26ClFN4O2/c1-15-14-32-23(22-9-10-31-27(33-22)28(3,4)36)13-24(15)34-16(2)11-21(25(29)26(34)35)20-12-19(20)17-5-7-18(30)8-6-17/h5-11,13-14,19-20,36H,12H2,1-4H3/t19?,20-/m1/s1. The number of pyridine rings is 2. The first-order valence-electron chi connectivity index (χ1n) is 11.8. The number of hydrogen-bond acceptors (Lipinski definition) is 5. The van der Waals surface area contributed by atoms with Gasteiger partial charge in [-0.3, -0.25) is 14.3 Å². The number of rotatable bonds is 5. The first-order chi connectivity index (χ1) is 17.0. The number of aryl methyl sites for hydroxylation is 2. The molecule has 0 radical (unpaired) electrons. The van der Waals surface area contributed by atoms with E-state index < -0.39 is 5.60 Å². The average Bonchev–Trinajstić information content (AvgIpc) is 3.63. The van der Waals surface area contributed by atoms with Crippen molar-refractivity contribution in [3.63, 3.8) is 0 Å². The maximum atomic E-state index is 13.5. The molecule has 1 aliphatic rings. The van der Waals surface area contributed by atoms with Gasteiger partial charge < -0.3 is 5.11 Å². The molecule has 1 fully saturated rings. The quantitative estimate of drug-likeness (QED) is 0.383. The molecule has 6 nitrogen and oxygen atoms in total. The number of aromatic nitrogens is 4. The van der Waals surface area contributed by atoms with Crippen LogP contribution < -0.4 is 5.56 Å². The zero-order valence-corrected chi connectivity index (χ0v) is 21.2. The van der Waals surface area contributed by atoms with Gasteiger partial charge in [0.25, 0.3) is 5.56 Å². The molecule has 184 valence electrons. The third kappa shape index (κ3) is 4.45. The highest BCUT2D eigenvalue weighted by molar-refractivity contribution is 6.31. The lowest BCUT2D eigenvalue weighted by molar-refractivity contribution is 0.0688. The topological polar surface area (TPSA) is 80.9 Å². The number of hydrogen-bond donors (Lipinski definition) is 1. The molecule has 1 aliphatic carbocycles. The van der Waals surface area contributed by atoms with E-state index in [9.17, 15) is 14.3 Å². The van der Waals surface area contributed by atoms with E-state index in [2.05, 4.69) is 15.0 Å². The molecule has 0 spiro atoms. The molecule has 2 atom stereocenters. The molecular weight excluding hydrogens is 479 g/mol. The van der Waals surface area contributed by atoms with Gasteiger partial charge in [-0.05, 0) is 93.0 Å². The number of halogens is 2. The molecule has 4 aromatic rings. The maximum absolute atomic E-state index is 13.5. The van der Waals surface area contributed by atoms with Gasteiger partial charge in [0.05, 0.1) is 17.1 Å². The van der Waals surface area contributed by atoms with Gasteiger partial charge in [0.2, 0.25) is 0 Å². The zero-order chi connectivity index (χ0) is 25.8. The summed E-state index contributed by atoms with van der Waals surface area (Å²) in [7, 11) is 0. The van der Waals surface area contributed by atoms with Gasteiger partial charge in [-0.2, -0.15) is 0 Å². The molecule has 0 bridgehead atoms. The molecule has 1 saturated carbocycles. The largest absolute Gasteiger partial charge is 0.382 e. The Hall–Kier alpha value is -3.42. The molecule has 1 N–H and O–H groups in total. The van der Waals surface area contributed by atoms with Crippen molar-refractivity contribution in [1.82, 2.24) is 19.5 Å². The van der Waals surface area contributed by atoms with Crippen LogP contribution >= 0.6 is 11.6 Å². The van der Waals surface area contributed by atoms with Crippen molar-refractivity contribution in [3.8, 4) is 17.1 Å². The van der Waals surface area contributed by atoms with E-state index in [4.69, 9.17) is 11.6 Å². The molecule has 0 amide bonds. The summed E-state index contributed by atoms with van der Waals surface area (Å²) in [6, 6.07) is 12.0. The van der Waals surface area contributed by atoms with E-state index in [1.54, 1.807) is 55.1 Å². The lowest BCUT2D eigenvalue weighted by Gasteiger charge is -2.17. The van der Waals surface area contributed by atoms with Crippen LogP contribution in [0, 0.1) is 19.7 Å². The van der Waals surface area contributed by atoms with Crippen molar-refractivity contribution in [3.05, 3.63) is 104 Å². The number of benzene rings is 1. The van der Waals surface area contributed by atoms with E-state index in [0.29, 0.717) is 17.1 Å². The van der Waals surface area contributed by atoms with E-state index in [1.165, 1.54) is 12.1 Å². The van der Waals surface area contributed by atoms with Crippen LogP contribution in [0.2, 0.25) is 5.02 Å². The summed E-state index contributed by atoms with van der Waals surface area (Å²) < 4.78 is 14.9. The summed E-state index contributed by atoms with van der Waals surface area (Å²) in [4.78, 5) is 26.6. The summed E-state index contributed by atoms with van der Waals surface area (Å²) in [5.74, 6) is 0.358. The Labute approximate surface area is 213 Å². The first-order valence-corrected chi connectivity index (χ1v) is 12.1. The van der Waals surface area contributed by atoms with E-state index in [-0.39, 0.29) is 34.1 Å². The third-order valence-corrected chi connectivity index (χ3v) is 7.01. The Morgan fingerprint density at radius 3 is 2.47 bits per heavy atom. The third-order valence-electron chi connectivity index (χ3n) is 6.63. The summed E-state index contributed by atoms with van der Waals surface area (Å²) in [5, 5.41) is 10.5. The normalized spacial score (nSPS) is 17.3. The van der Waals surface area contributed by atoms with Crippen molar-refractivity contribution >= 4 is 11.6 Å². The van der Waals surface area contributed by atoms with Crippen molar-refractivity contribution in [2.45, 2.75) is 51.6 Å². The summed E-state index contributed by atoms with van der Waals surface area (Å²) in [5.41, 5.74) is 3.68. The Kier molecular flexibility index (Phi) is 6.01. The maximum Gasteiger partial charge on any atom is 0.274 e. The summed E-state index contributed by atoms with van der Waals surface area (Å²) in [6.07, 6.45) is 4.13. The van der Waals surface area contributed by atoms with Crippen LogP contribution in [0.3, 0.4) is 0 Å². The average molecular weight is 505 g/mol. The Morgan fingerprint density at radius 1 is 1.06 bits per heavy atom. The highest BCUT2D eigenvalue weighted by Gasteiger charge is 2.41. The molecule has 5 rings (SSSR count). The summed E-state index contributed by atoms with van der Waals surface area (Å²) in [6.45, 7) is 7.00. The van der Waals surface area contributed by atoms with Gasteiger partial charge in [-0.15, -0.1) is 0 Å². The lowest BCUT2D eigenvalue weighted by atomic mass is 10.0. The Bertz CT molecular complexity index is 1530. The first kappa shape index (κ1) is 24.3. The van der Waals surface area contributed by atoms with Gasteiger partial charge in [0, 0.05) is 18.1 Å².